The first kappa shape index (κ1) is 21.6. The lowest BCUT2D eigenvalue weighted by Crippen LogP contribution is -2.37. The maximum atomic E-state index is 12.1. The number of carbonyl (C=O) groups is 2. The molecule has 0 spiro atoms. The van der Waals surface area contributed by atoms with E-state index >= 15 is 0 Å². The van der Waals surface area contributed by atoms with Crippen molar-refractivity contribution in [2.24, 2.45) is 0 Å². The minimum absolute atomic E-state index is 0.264. The Bertz CT molecular complexity index is 1060. The van der Waals surface area contributed by atoms with E-state index in [2.05, 4.69) is 20.9 Å². The van der Waals surface area contributed by atoms with E-state index in [0.717, 1.165) is 20.4 Å². The van der Waals surface area contributed by atoms with Crippen molar-refractivity contribution < 1.29 is 23.9 Å². The van der Waals surface area contributed by atoms with Crippen LogP contribution in [0.5, 0.6) is 17.4 Å². The smallest absolute Gasteiger partial charge is 0.372 e. The summed E-state index contributed by atoms with van der Waals surface area (Å²) in [6, 6.07) is 16.4. The molecule has 0 saturated carbocycles. The van der Waals surface area contributed by atoms with Gasteiger partial charge in [0.1, 0.15) is 11.5 Å². The third-order valence-electron chi connectivity index (χ3n) is 4.16. The van der Waals surface area contributed by atoms with E-state index in [1.54, 1.807) is 44.2 Å². The molecular formula is C22H21BrN2O5. The van der Waals surface area contributed by atoms with Gasteiger partial charge in [-0.15, -0.1) is 0 Å². The van der Waals surface area contributed by atoms with Crippen LogP contribution in [0, 0.1) is 0 Å². The summed E-state index contributed by atoms with van der Waals surface area (Å²) < 4.78 is 12.4. The maximum Gasteiger partial charge on any atom is 0.372 e. The van der Waals surface area contributed by atoms with Crippen LogP contribution in [0.15, 0.2) is 59.1 Å². The van der Waals surface area contributed by atoms with E-state index in [-0.39, 0.29) is 12.5 Å². The summed E-state index contributed by atoms with van der Waals surface area (Å²) in [6.45, 7) is 4.85. The molecule has 0 bridgehead atoms. The fourth-order valence-electron chi connectivity index (χ4n) is 2.63. The molecule has 0 aliphatic heterocycles. The van der Waals surface area contributed by atoms with Gasteiger partial charge in [-0.05, 0) is 62.4 Å². The van der Waals surface area contributed by atoms with Crippen LogP contribution < -0.4 is 9.47 Å². The van der Waals surface area contributed by atoms with Crippen LogP contribution in [0.1, 0.15) is 20.8 Å². The van der Waals surface area contributed by atoms with Crippen molar-refractivity contribution in [2.75, 3.05) is 6.54 Å². The summed E-state index contributed by atoms with van der Waals surface area (Å²) in [5.74, 6) is 0.512. The molecule has 3 aromatic rings. The molecule has 2 aromatic carbocycles. The molecule has 1 heterocycles. The van der Waals surface area contributed by atoms with Crippen LogP contribution in [0.2, 0.25) is 0 Å². The van der Waals surface area contributed by atoms with Crippen molar-refractivity contribution >= 4 is 38.7 Å². The van der Waals surface area contributed by atoms with Crippen LogP contribution in [-0.2, 0) is 14.4 Å². The number of pyridine rings is 1. The third kappa shape index (κ3) is 5.48. The van der Waals surface area contributed by atoms with E-state index in [0.29, 0.717) is 17.4 Å². The monoisotopic (exact) mass is 472 g/mol. The number of rotatable bonds is 6. The van der Waals surface area contributed by atoms with Gasteiger partial charge in [-0.25, -0.2) is 9.78 Å². The van der Waals surface area contributed by atoms with E-state index in [1.165, 1.54) is 6.92 Å². The number of benzene rings is 2. The first-order chi connectivity index (χ1) is 14.4. The van der Waals surface area contributed by atoms with Gasteiger partial charge in [-0.2, -0.15) is 5.06 Å². The molecule has 156 valence electrons. The summed E-state index contributed by atoms with van der Waals surface area (Å²) in [5.41, 5.74) is 0.828. The number of hydroxylamine groups is 2. The third-order valence-corrected chi connectivity index (χ3v) is 4.65. The number of nitrogens with zero attached hydrogens (tertiary/aromatic N) is 2. The van der Waals surface area contributed by atoms with Crippen LogP contribution in [-0.4, -0.2) is 34.6 Å². The van der Waals surface area contributed by atoms with Crippen molar-refractivity contribution in [3.8, 4) is 17.4 Å². The lowest BCUT2D eigenvalue weighted by Gasteiger charge is -2.20. The zero-order chi connectivity index (χ0) is 21.7. The summed E-state index contributed by atoms with van der Waals surface area (Å²) in [6.07, 6.45) is -0.883. The standard InChI is InChI=1S/C22H21BrN2O5/c1-4-25(15(3)26)30-22(27)14(2)28-18-7-9-19(10-8-18)29-21-12-5-16-13-17(23)6-11-20(16)24-21/h5-14H,4H2,1-3H3. The van der Waals surface area contributed by atoms with Crippen molar-refractivity contribution in [1.82, 2.24) is 10.0 Å². The quantitative estimate of drug-likeness (QED) is 0.475. The second-order valence-electron chi connectivity index (χ2n) is 6.44. The highest BCUT2D eigenvalue weighted by molar-refractivity contribution is 9.10. The van der Waals surface area contributed by atoms with Gasteiger partial charge in [0.05, 0.1) is 12.1 Å². The number of hydrogen-bond acceptors (Lipinski definition) is 6. The fraction of sp³-hybridized carbons (Fsp3) is 0.227. The van der Waals surface area contributed by atoms with E-state index < -0.39 is 12.1 Å². The molecule has 0 aliphatic rings. The summed E-state index contributed by atoms with van der Waals surface area (Å²) in [5, 5.41) is 1.99. The van der Waals surface area contributed by atoms with Crippen LogP contribution in [0.25, 0.3) is 10.9 Å². The van der Waals surface area contributed by atoms with Gasteiger partial charge in [0.25, 0.3) is 5.91 Å². The Morgan fingerprint density at radius 1 is 1.07 bits per heavy atom. The zero-order valence-corrected chi connectivity index (χ0v) is 18.4. The molecular weight excluding hydrogens is 452 g/mol. The Morgan fingerprint density at radius 3 is 2.43 bits per heavy atom. The van der Waals surface area contributed by atoms with Gasteiger partial charge < -0.3 is 14.3 Å². The number of amides is 1. The predicted molar refractivity (Wildman–Crippen MR) is 115 cm³/mol. The second kappa shape index (κ2) is 9.58. The molecule has 30 heavy (non-hydrogen) atoms. The van der Waals surface area contributed by atoms with Crippen molar-refractivity contribution in [3.05, 3.63) is 59.1 Å². The average molecular weight is 473 g/mol. The van der Waals surface area contributed by atoms with Crippen molar-refractivity contribution in [2.45, 2.75) is 26.9 Å². The molecule has 1 amide bonds. The molecule has 1 aromatic heterocycles. The summed E-state index contributed by atoms with van der Waals surface area (Å²) in [7, 11) is 0. The van der Waals surface area contributed by atoms with E-state index in [9.17, 15) is 9.59 Å². The van der Waals surface area contributed by atoms with E-state index in [4.69, 9.17) is 14.3 Å². The molecule has 8 heteroatoms. The molecule has 0 radical (unpaired) electrons. The summed E-state index contributed by atoms with van der Waals surface area (Å²) >= 11 is 3.44. The van der Waals surface area contributed by atoms with Gasteiger partial charge in [0.15, 0.2) is 6.10 Å². The number of ether oxygens (including phenoxy) is 2. The van der Waals surface area contributed by atoms with Crippen LogP contribution in [0.4, 0.5) is 0 Å². The van der Waals surface area contributed by atoms with Crippen LogP contribution >= 0.6 is 15.9 Å². The highest BCUT2D eigenvalue weighted by atomic mass is 79.9. The first-order valence-corrected chi connectivity index (χ1v) is 10.2. The van der Waals surface area contributed by atoms with Gasteiger partial charge >= 0.3 is 5.97 Å². The number of carbonyl (C=O) groups excluding carboxylic acids is 2. The fourth-order valence-corrected chi connectivity index (χ4v) is 3.01. The molecule has 0 saturated heterocycles. The molecule has 0 aliphatic carbocycles. The Balaban J connectivity index is 1.61. The normalized spacial score (nSPS) is 11.6. The number of hydrogen-bond donors (Lipinski definition) is 0. The lowest BCUT2D eigenvalue weighted by molar-refractivity contribution is -0.201. The largest absolute Gasteiger partial charge is 0.479 e. The molecule has 0 fully saturated rings. The Labute approximate surface area is 182 Å². The lowest BCUT2D eigenvalue weighted by atomic mass is 10.2. The number of halogens is 1. The average Bonchev–Trinajstić information content (AvgIpc) is 2.73. The Morgan fingerprint density at radius 2 is 1.77 bits per heavy atom. The highest BCUT2D eigenvalue weighted by Gasteiger charge is 2.21. The molecule has 0 N–H and O–H groups in total. The maximum absolute atomic E-state index is 12.1. The zero-order valence-electron chi connectivity index (χ0n) is 16.8. The van der Waals surface area contributed by atoms with Gasteiger partial charge in [0, 0.05) is 22.8 Å². The number of aromatic nitrogens is 1. The molecule has 7 nitrogen and oxygen atoms in total. The topological polar surface area (TPSA) is 78.0 Å². The van der Waals surface area contributed by atoms with Gasteiger partial charge in [0.2, 0.25) is 5.88 Å². The predicted octanol–water partition coefficient (Wildman–Crippen LogP) is 4.88. The summed E-state index contributed by atoms with van der Waals surface area (Å²) in [4.78, 5) is 32.9. The molecule has 1 atom stereocenters. The van der Waals surface area contributed by atoms with Gasteiger partial charge in [-0.3, -0.25) is 4.79 Å². The SMILES string of the molecule is CCN(OC(=O)C(C)Oc1ccc(Oc2ccc3cc(Br)ccc3n2)cc1)C(C)=O. The van der Waals surface area contributed by atoms with Crippen LogP contribution in [0.3, 0.4) is 0 Å². The van der Waals surface area contributed by atoms with Crippen molar-refractivity contribution in [1.29, 1.82) is 0 Å². The Hall–Kier alpha value is -3.13. The van der Waals surface area contributed by atoms with Gasteiger partial charge in [-0.1, -0.05) is 15.9 Å². The molecule has 3 rings (SSSR count). The highest BCUT2D eigenvalue weighted by Crippen LogP contribution is 2.26. The second-order valence-corrected chi connectivity index (χ2v) is 7.36. The van der Waals surface area contributed by atoms with E-state index in [1.807, 2.05) is 24.3 Å². The van der Waals surface area contributed by atoms with Crippen molar-refractivity contribution in [3.63, 3.8) is 0 Å². The molecule has 1 unspecified atom stereocenters. The minimum atomic E-state index is -0.883. The number of fused-ring (bicyclic) bond motifs is 1. The first-order valence-electron chi connectivity index (χ1n) is 9.36. The Kier molecular flexibility index (Phi) is 6.89. The minimum Gasteiger partial charge on any atom is -0.479 e.